The fraction of sp³-hybridized carbons (Fsp3) is 0.217. The quantitative estimate of drug-likeness (QED) is 0.468. The van der Waals surface area contributed by atoms with E-state index in [9.17, 15) is 4.79 Å². The highest BCUT2D eigenvalue weighted by Crippen LogP contribution is 2.27. The van der Waals surface area contributed by atoms with Crippen LogP contribution >= 0.6 is 0 Å². The summed E-state index contributed by atoms with van der Waals surface area (Å²) in [5.74, 6) is 0.674. The summed E-state index contributed by atoms with van der Waals surface area (Å²) in [6, 6.07) is 17.0. The molecule has 152 valence electrons. The Morgan fingerprint density at radius 3 is 2.40 bits per heavy atom. The molecule has 1 amide bonds. The molecule has 3 aromatic rings. The number of hydrogen-bond acceptors (Lipinski definition) is 6. The molecule has 0 aliphatic carbocycles. The number of pyridine rings is 2. The fourth-order valence-electron chi connectivity index (χ4n) is 3.43. The first kappa shape index (κ1) is 19.6. The zero-order valence-electron chi connectivity index (χ0n) is 16.7. The van der Waals surface area contributed by atoms with Crippen LogP contribution in [-0.2, 0) is 22.6 Å². The van der Waals surface area contributed by atoms with Crippen LogP contribution in [-0.4, -0.2) is 46.7 Å². The van der Waals surface area contributed by atoms with E-state index in [2.05, 4.69) is 21.2 Å². The van der Waals surface area contributed by atoms with Gasteiger partial charge in [-0.05, 0) is 42.3 Å². The highest BCUT2D eigenvalue weighted by atomic mass is 16.6. The van der Waals surface area contributed by atoms with Gasteiger partial charge in [0.2, 0.25) is 0 Å². The maximum atomic E-state index is 12.7. The second kappa shape index (κ2) is 9.17. The van der Waals surface area contributed by atoms with Crippen LogP contribution in [0.3, 0.4) is 0 Å². The molecule has 0 saturated heterocycles. The smallest absolute Gasteiger partial charge is 0.263 e. The van der Waals surface area contributed by atoms with E-state index < -0.39 is 0 Å². The Labute approximate surface area is 175 Å². The van der Waals surface area contributed by atoms with E-state index in [1.807, 2.05) is 48.5 Å². The summed E-state index contributed by atoms with van der Waals surface area (Å²) >= 11 is 0. The lowest BCUT2D eigenvalue weighted by atomic mass is 9.99. The van der Waals surface area contributed by atoms with E-state index in [0.29, 0.717) is 30.2 Å². The number of ether oxygens (including phenoxy) is 1. The molecular weight excluding hydrogens is 380 g/mol. The molecule has 30 heavy (non-hydrogen) atoms. The maximum absolute atomic E-state index is 12.7. The number of carbonyl (C=O) groups excluding carboxylic acids is 1. The molecule has 4 rings (SSSR count). The van der Waals surface area contributed by atoms with E-state index in [-0.39, 0.29) is 12.5 Å². The topological polar surface area (TPSA) is 76.9 Å². The monoisotopic (exact) mass is 402 g/mol. The molecule has 1 aromatic carbocycles. The van der Waals surface area contributed by atoms with Crippen molar-refractivity contribution in [2.45, 2.75) is 13.0 Å². The maximum Gasteiger partial charge on any atom is 0.263 e. The molecule has 1 aliphatic heterocycles. The van der Waals surface area contributed by atoms with Crippen molar-refractivity contribution in [1.29, 1.82) is 0 Å². The van der Waals surface area contributed by atoms with E-state index >= 15 is 0 Å². The van der Waals surface area contributed by atoms with Crippen LogP contribution in [0.4, 0.5) is 0 Å². The van der Waals surface area contributed by atoms with Gasteiger partial charge in [-0.15, -0.1) is 0 Å². The molecule has 0 spiro atoms. The number of fused-ring (bicyclic) bond motifs is 1. The molecule has 7 heteroatoms. The zero-order chi connectivity index (χ0) is 20.8. The van der Waals surface area contributed by atoms with Crippen LogP contribution < -0.4 is 4.74 Å². The predicted molar refractivity (Wildman–Crippen MR) is 112 cm³/mol. The highest BCUT2D eigenvalue weighted by Gasteiger charge is 2.23. The van der Waals surface area contributed by atoms with E-state index in [1.165, 1.54) is 5.56 Å². The summed E-state index contributed by atoms with van der Waals surface area (Å²) in [6.45, 7) is 0.978. The van der Waals surface area contributed by atoms with Gasteiger partial charge in [0.05, 0.1) is 18.5 Å². The summed E-state index contributed by atoms with van der Waals surface area (Å²) in [4.78, 5) is 28.6. The molecular formula is C23H22N4O3. The Balaban J connectivity index is 1.47. The van der Waals surface area contributed by atoms with Gasteiger partial charge in [-0.1, -0.05) is 29.4 Å². The van der Waals surface area contributed by atoms with Crippen LogP contribution in [0, 0.1) is 0 Å². The lowest BCUT2D eigenvalue weighted by molar-refractivity contribution is -0.137. The van der Waals surface area contributed by atoms with Crippen molar-refractivity contribution in [3.8, 4) is 5.75 Å². The molecule has 0 saturated carbocycles. The fourth-order valence-corrected chi connectivity index (χ4v) is 3.43. The van der Waals surface area contributed by atoms with Crippen molar-refractivity contribution in [3.63, 3.8) is 0 Å². The highest BCUT2D eigenvalue weighted by molar-refractivity contribution is 6.10. The van der Waals surface area contributed by atoms with Crippen LogP contribution in [0.25, 0.3) is 0 Å². The van der Waals surface area contributed by atoms with Crippen LogP contribution in [0.5, 0.6) is 5.75 Å². The van der Waals surface area contributed by atoms with Gasteiger partial charge in [0.1, 0.15) is 5.75 Å². The Kier molecular flexibility index (Phi) is 5.98. The first-order valence-corrected chi connectivity index (χ1v) is 9.71. The van der Waals surface area contributed by atoms with Crippen LogP contribution in [0.15, 0.2) is 72.1 Å². The molecule has 3 heterocycles. The first-order chi connectivity index (χ1) is 14.8. The molecule has 1 aliphatic rings. The van der Waals surface area contributed by atoms with Gasteiger partial charge in [-0.2, -0.15) is 0 Å². The largest absolute Gasteiger partial charge is 0.496 e. The third-order valence-corrected chi connectivity index (χ3v) is 4.96. The average Bonchev–Trinajstić information content (AvgIpc) is 2.82. The van der Waals surface area contributed by atoms with Crippen LogP contribution in [0.2, 0.25) is 0 Å². The minimum Gasteiger partial charge on any atom is -0.496 e. The first-order valence-electron chi connectivity index (χ1n) is 9.71. The van der Waals surface area contributed by atoms with Gasteiger partial charge in [0.25, 0.3) is 5.91 Å². The lowest BCUT2D eigenvalue weighted by Gasteiger charge is -2.29. The SMILES string of the molecule is COc1cccc2c1CN(C(=O)CON=C(c1ccccn1)c1ccccn1)CC2. The zero-order valence-corrected chi connectivity index (χ0v) is 16.7. The number of methoxy groups -OCH3 is 1. The second-order valence-corrected chi connectivity index (χ2v) is 6.81. The number of carbonyl (C=O) groups is 1. The summed E-state index contributed by atoms with van der Waals surface area (Å²) < 4.78 is 5.45. The van der Waals surface area contributed by atoms with Crippen molar-refractivity contribution in [3.05, 3.63) is 89.5 Å². The number of amides is 1. The van der Waals surface area contributed by atoms with Crippen molar-refractivity contribution in [1.82, 2.24) is 14.9 Å². The van der Waals surface area contributed by atoms with Gasteiger partial charge in [0, 0.05) is 31.0 Å². The normalized spacial score (nSPS) is 12.6. The number of hydrogen-bond donors (Lipinski definition) is 0. The van der Waals surface area contributed by atoms with E-state index in [0.717, 1.165) is 17.7 Å². The van der Waals surface area contributed by atoms with Gasteiger partial charge in [-0.25, -0.2) is 0 Å². The minimum absolute atomic E-state index is 0.128. The van der Waals surface area contributed by atoms with Crippen molar-refractivity contribution in [2.75, 3.05) is 20.3 Å². The van der Waals surface area contributed by atoms with Crippen LogP contribution in [0.1, 0.15) is 22.5 Å². The summed E-state index contributed by atoms with van der Waals surface area (Å²) in [7, 11) is 1.64. The van der Waals surface area contributed by atoms with Gasteiger partial charge in [0.15, 0.2) is 12.3 Å². The Hall–Kier alpha value is -3.74. The summed E-state index contributed by atoms with van der Waals surface area (Å²) in [5, 5.41) is 4.20. The third-order valence-electron chi connectivity index (χ3n) is 4.96. The van der Waals surface area contributed by atoms with Crippen molar-refractivity contribution < 1.29 is 14.4 Å². The van der Waals surface area contributed by atoms with Crippen molar-refractivity contribution >= 4 is 11.6 Å². The third kappa shape index (κ3) is 4.30. The standard InChI is InChI=1S/C23H22N4O3/c1-29-21-10-6-7-17-11-14-27(15-18(17)21)22(28)16-30-26-23(19-8-2-4-12-24-19)20-9-3-5-13-25-20/h2-10,12-13H,11,14-16H2,1H3. The molecule has 0 radical (unpaired) electrons. The summed E-state index contributed by atoms with van der Waals surface area (Å²) in [6.07, 6.45) is 4.14. The average molecular weight is 402 g/mol. The summed E-state index contributed by atoms with van der Waals surface area (Å²) in [5.41, 5.74) is 3.99. The van der Waals surface area contributed by atoms with Gasteiger partial charge >= 0.3 is 0 Å². The number of aromatic nitrogens is 2. The second-order valence-electron chi connectivity index (χ2n) is 6.81. The number of benzene rings is 1. The molecule has 0 bridgehead atoms. The van der Waals surface area contributed by atoms with E-state index in [4.69, 9.17) is 9.57 Å². The predicted octanol–water partition coefficient (Wildman–Crippen LogP) is 2.84. The molecule has 0 unspecified atom stereocenters. The minimum atomic E-state index is -0.159. The number of rotatable bonds is 6. The van der Waals surface area contributed by atoms with E-state index in [1.54, 1.807) is 24.4 Å². The van der Waals surface area contributed by atoms with Gasteiger partial charge < -0.3 is 14.5 Å². The Morgan fingerprint density at radius 1 is 1.03 bits per heavy atom. The number of oxime groups is 1. The lowest BCUT2D eigenvalue weighted by Crippen LogP contribution is -2.38. The van der Waals surface area contributed by atoms with Crippen molar-refractivity contribution in [2.24, 2.45) is 5.16 Å². The number of nitrogens with zero attached hydrogens (tertiary/aromatic N) is 4. The Morgan fingerprint density at radius 2 is 1.77 bits per heavy atom. The van der Waals surface area contributed by atoms with Gasteiger partial charge in [-0.3, -0.25) is 14.8 Å². The molecule has 0 N–H and O–H groups in total. The molecule has 0 atom stereocenters. The Bertz CT molecular complexity index is 983. The molecule has 2 aromatic heterocycles. The molecule has 0 fully saturated rings. The molecule has 7 nitrogen and oxygen atoms in total.